The van der Waals surface area contributed by atoms with Gasteiger partial charge in [-0.3, -0.25) is 4.79 Å². The normalized spacial score (nSPS) is 11.2. The summed E-state index contributed by atoms with van der Waals surface area (Å²) in [7, 11) is 0. The quantitative estimate of drug-likeness (QED) is 0.845. The van der Waals surface area contributed by atoms with Gasteiger partial charge in [0.1, 0.15) is 0 Å². The second kappa shape index (κ2) is 5.49. The Bertz CT molecular complexity index is 668. The van der Waals surface area contributed by atoms with Crippen molar-refractivity contribution in [2.75, 3.05) is 0 Å². The summed E-state index contributed by atoms with van der Waals surface area (Å²) in [5.74, 6) is -0.739. The van der Waals surface area contributed by atoms with Gasteiger partial charge in [-0.15, -0.1) is 0 Å². The van der Waals surface area contributed by atoms with E-state index in [-0.39, 0.29) is 11.5 Å². The number of nitrogens with zero attached hydrogens (tertiary/aromatic N) is 1. The molecule has 106 valence electrons. The van der Waals surface area contributed by atoms with Gasteiger partial charge in [-0.1, -0.05) is 20.8 Å². The fourth-order valence-corrected chi connectivity index (χ4v) is 2.50. The summed E-state index contributed by atoms with van der Waals surface area (Å²) < 4.78 is 1.87. The lowest BCUT2D eigenvalue weighted by Crippen LogP contribution is -2.04. The van der Waals surface area contributed by atoms with E-state index in [9.17, 15) is 14.7 Å². The van der Waals surface area contributed by atoms with Gasteiger partial charge in [-0.2, -0.15) is 0 Å². The highest BCUT2D eigenvalue weighted by Crippen LogP contribution is 2.29. The van der Waals surface area contributed by atoms with E-state index in [4.69, 9.17) is 0 Å². The first-order chi connectivity index (χ1) is 9.49. The molecule has 0 aliphatic rings. The molecule has 2 rings (SSSR count). The van der Waals surface area contributed by atoms with Gasteiger partial charge in [0.25, 0.3) is 0 Å². The Kier molecular flexibility index (Phi) is 3.93. The number of aryl methyl sites for hydroxylation is 1. The first-order valence-electron chi connectivity index (χ1n) is 6.84. The van der Waals surface area contributed by atoms with Crippen molar-refractivity contribution < 1.29 is 14.7 Å². The molecule has 1 N–H and O–H groups in total. The summed E-state index contributed by atoms with van der Waals surface area (Å²) in [6.45, 7) is 6.74. The molecule has 4 heteroatoms. The van der Waals surface area contributed by atoms with E-state index in [0.29, 0.717) is 17.6 Å². The Balaban J connectivity index is 2.86. The first-order valence-corrected chi connectivity index (χ1v) is 6.84. The van der Waals surface area contributed by atoms with Gasteiger partial charge in [0.2, 0.25) is 0 Å². The Hall–Kier alpha value is -2.10. The topological polar surface area (TPSA) is 59.3 Å². The van der Waals surface area contributed by atoms with Crippen LogP contribution in [0.1, 0.15) is 59.4 Å². The van der Waals surface area contributed by atoms with Crippen molar-refractivity contribution in [1.82, 2.24) is 4.57 Å². The molecule has 0 atom stereocenters. The molecule has 1 aromatic carbocycles. The van der Waals surface area contributed by atoms with Crippen LogP contribution in [0.4, 0.5) is 0 Å². The van der Waals surface area contributed by atoms with E-state index in [1.54, 1.807) is 12.3 Å². The molecule has 0 aliphatic carbocycles. The number of aldehydes is 1. The van der Waals surface area contributed by atoms with Crippen molar-refractivity contribution in [3.05, 3.63) is 35.0 Å². The van der Waals surface area contributed by atoms with Gasteiger partial charge in [-0.25, -0.2) is 4.79 Å². The number of carbonyl (C=O) groups excluding carboxylic acids is 1. The number of fused-ring (bicyclic) bond motifs is 1. The molecular weight excluding hydrogens is 254 g/mol. The maximum Gasteiger partial charge on any atom is 0.337 e. The van der Waals surface area contributed by atoms with E-state index in [1.807, 2.05) is 31.4 Å². The molecule has 4 nitrogen and oxygen atoms in total. The smallest absolute Gasteiger partial charge is 0.337 e. The Morgan fingerprint density at radius 1 is 1.40 bits per heavy atom. The van der Waals surface area contributed by atoms with Crippen molar-refractivity contribution in [1.29, 1.82) is 0 Å². The van der Waals surface area contributed by atoms with Crippen LogP contribution in [-0.2, 0) is 6.54 Å². The zero-order valence-corrected chi connectivity index (χ0v) is 12.0. The molecule has 0 saturated heterocycles. The molecule has 1 aromatic heterocycles. The average Bonchev–Trinajstić information content (AvgIpc) is 2.76. The predicted molar refractivity (Wildman–Crippen MR) is 78.7 cm³/mol. The third-order valence-corrected chi connectivity index (χ3v) is 3.51. The summed E-state index contributed by atoms with van der Waals surface area (Å²) in [5, 5.41) is 10.2. The van der Waals surface area contributed by atoms with Crippen LogP contribution < -0.4 is 0 Å². The van der Waals surface area contributed by atoms with Crippen LogP contribution in [0.2, 0.25) is 0 Å². The van der Waals surface area contributed by atoms with Gasteiger partial charge in [0.15, 0.2) is 6.29 Å². The highest BCUT2D eigenvalue weighted by atomic mass is 16.4. The molecule has 20 heavy (non-hydrogen) atoms. The maximum absolute atomic E-state index is 11.5. The van der Waals surface area contributed by atoms with Crippen LogP contribution in [0.15, 0.2) is 18.3 Å². The minimum absolute atomic E-state index is 0.214. The van der Waals surface area contributed by atoms with Crippen molar-refractivity contribution in [2.45, 2.75) is 39.7 Å². The largest absolute Gasteiger partial charge is 0.478 e. The highest BCUT2D eigenvalue weighted by Gasteiger charge is 2.18. The van der Waals surface area contributed by atoms with Gasteiger partial charge in [-0.05, 0) is 30.0 Å². The molecule has 0 bridgehead atoms. The average molecular weight is 273 g/mol. The molecule has 0 radical (unpaired) electrons. The van der Waals surface area contributed by atoms with Gasteiger partial charge < -0.3 is 9.67 Å². The summed E-state index contributed by atoms with van der Waals surface area (Å²) in [6, 6.07) is 3.65. The zero-order valence-electron chi connectivity index (χ0n) is 12.0. The molecule has 0 aliphatic heterocycles. The number of benzene rings is 1. The van der Waals surface area contributed by atoms with Crippen molar-refractivity contribution in [2.24, 2.45) is 0 Å². The van der Waals surface area contributed by atoms with E-state index in [2.05, 4.69) is 0 Å². The van der Waals surface area contributed by atoms with Crippen molar-refractivity contribution >= 4 is 23.2 Å². The van der Waals surface area contributed by atoms with Gasteiger partial charge >= 0.3 is 5.97 Å². The summed E-state index contributed by atoms with van der Waals surface area (Å²) in [4.78, 5) is 22.8. The molecule has 0 spiro atoms. The standard InChI is InChI=1S/C16H19NO3/c1-4-5-17-8-12(9-18)13-6-11(10(2)3)7-14(15(13)17)16(19)20/h6-10H,4-5H2,1-3H3,(H,19,20). The van der Waals surface area contributed by atoms with Crippen LogP contribution >= 0.6 is 0 Å². The summed E-state index contributed by atoms with van der Waals surface area (Å²) in [6.07, 6.45) is 3.43. The third-order valence-electron chi connectivity index (χ3n) is 3.51. The molecule has 0 amide bonds. The van der Waals surface area contributed by atoms with E-state index < -0.39 is 5.97 Å². The lowest BCUT2D eigenvalue weighted by molar-refractivity contribution is 0.0698. The third kappa shape index (κ3) is 2.33. The number of rotatable bonds is 5. The number of aromatic carboxylic acids is 1. The predicted octanol–water partition coefficient (Wildman–Crippen LogP) is 3.69. The lowest BCUT2D eigenvalue weighted by Gasteiger charge is -2.11. The fraction of sp³-hybridized carbons (Fsp3) is 0.375. The molecular formula is C16H19NO3. The second-order valence-electron chi connectivity index (χ2n) is 5.32. The van der Waals surface area contributed by atoms with Crippen LogP contribution in [0, 0.1) is 0 Å². The minimum atomic E-state index is -0.953. The van der Waals surface area contributed by atoms with Gasteiger partial charge in [0, 0.05) is 23.7 Å². The number of carbonyl (C=O) groups is 2. The molecule has 0 saturated carbocycles. The van der Waals surface area contributed by atoms with E-state index >= 15 is 0 Å². The first kappa shape index (κ1) is 14.3. The number of hydrogen-bond acceptors (Lipinski definition) is 2. The Labute approximate surface area is 118 Å². The summed E-state index contributed by atoms with van der Waals surface area (Å²) in [5.41, 5.74) is 2.41. The number of aromatic nitrogens is 1. The van der Waals surface area contributed by atoms with Crippen LogP contribution in [-0.4, -0.2) is 21.9 Å². The number of carboxylic acid groups (broad SMARTS) is 1. The maximum atomic E-state index is 11.5. The molecule has 0 unspecified atom stereocenters. The SMILES string of the molecule is CCCn1cc(C=O)c2cc(C(C)C)cc(C(=O)O)c21. The van der Waals surface area contributed by atoms with Crippen molar-refractivity contribution in [3.63, 3.8) is 0 Å². The fourth-order valence-electron chi connectivity index (χ4n) is 2.50. The zero-order chi connectivity index (χ0) is 14.9. The second-order valence-corrected chi connectivity index (χ2v) is 5.32. The minimum Gasteiger partial charge on any atom is -0.478 e. The Morgan fingerprint density at radius 2 is 2.10 bits per heavy atom. The van der Waals surface area contributed by atoms with Crippen LogP contribution in [0.5, 0.6) is 0 Å². The molecule has 1 heterocycles. The Morgan fingerprint density at radius 3 is 2.60 bits per heavy atom. The number of carboxylic acids is 1. The van der Waals surface area contributed by atoms with Crippen molar-refractivity contribution in [3.8, 4) is 0 Å². The monoisotopic (exact) mass is 273 g/mol. The van der Waals surface area contributed by atoms with Gasteiger partial charge in [0.05, 0.1) is 11.1 Å². The van der Waals surface area contributed by atoms with Crippen LogP contribution in [0.3, 0.4) is 0 Å². The lowest BCUT2D eigenvalue weighted by atomic mass is 9.97. The van der Waals surface area contributed by atoms with E-state index in [1.165, 1.54) is 0 Å². The highest BCUT2D eigenvalue weighted by molar-refractivity contribution is 6.08. The number of hydrogen-bond donors (Lipinski definition) is 1. The summed E-state index contributed by atoms with van der Waals surface area (Å²) >= 11 is 0. The van der Waals surface area contributed by atoms with E-state index in [0.717, 1.165) is 23.7 Å². The molecule has 0 fully saturated rings. The van der Waals surface area contributed by atoms with Crippen LogP contribution in [0.25, 0.3) is 10.9 Å². The molecule has 2 aromatic rings.